The third-order valence-electron chi connectivity index (χ3n) is 4.15. The fourth-order valence-electron chi connectivity index (χ4n) is 3.02. The zero-order chi connectivity index (χ0) is 12.5. The summed E-state index contributed by atoms with van der Waals surface area (Å²) in [6.45, 7) is 2.26. The zero-order valence-corrected chi connectivity index (χ0v) is 11.4. The molecule has 0 aromatic rings. The fraction of sp³-hybridized carbons (Fsp3) is 0.933. The Kier molecular flexibility index (Phi) is 7.30. The Bertz CT molecular complexity index is 215. The number of carbonyl (C=O) groups is 1. The van der Waals surface area contributed by atoms with Gasteiger partial charge in [-0.2, -0.15) is 0 Å². The molecule has 1 fully saturated rings. The Hall–Kier alpha value is -0.530. The average molecular weight is 239 g/mol. The van der Waals surface area contributed by atoms with Crippen molar-refractivity contribution in [3.05, 3.63) is 0 Å². The van der Waals surface area contributed by atoms with Gasteiger partial charge in [0.25, 0.3) is 0 Å². The van der Waals surface area contributed by atoms with E-state index < -0.39 is 0 Å². The van der Waals surface area contributed by atoms with Crippen molar-refractivity contribution in [3.8, 4) is 0 Å². The van der Waals surface area contributed by atoms with Crippen LogP contribution in [0.3, 0.4) is 0 Å². The highest BCUT2D eigenvalue weighted by Gasteiger charge is 2.24. The van der Waals surface area contributed by atoms with E-state index in [1.165, 1.54) is 57.8 Å². The van der Waals surface area contributed by atoms with Gasteiger partial charge in [-0.1, -0.05) is 64.7 Å². The molecule has 1 aliphatic rings. The highest BCUT2D eigenvalue weighted by Crippen LogP contribution is 2.32. The minimum absolute atomic E-state index is 0.0716. The Balaban J connectivity index is 2.04. The molecule has 1 amide bonds. The van der Waals surface area contributed by atoms with Crippen LogP contribution in [0.15, 0.2) is 0 Å². The monoisotopic (exact) mass is 239 g/mol. The molecular formula is C15H29NO. The van der Waals surface area contributed by atoms with Gasteiger partial charge in [0.05, 0.1) is 0 Å². The summed E-state index contributed by atoms with van der Waals surface area (Å²) >= 11 is 0. The van der Waals surface area contributed by atoms with Crippen LogP contribution in [0.1, 0.15) is 77.6 Å². The molecule has 2 N–H and O–H groups in total. The molecule has 0 aromatic heterocycles. The summed E-state index contributed by atoms with van der Waals surface area (Å²) in [5.74, 6) is 0.874. The Labute approximate surface area is 106 Å². The lowest BCUT2D eigenvalue weighted by molar-refractivity contribution is -0.123. The van der Waals surface area contributed by atoms with E-state index in [1.54, 1.807) is 0 Å². The van der Waals surface area contributed by atoms with Crippen molar-refractivity contribution in [1.82, 2.24) is 0 Å². The maximum Gasteiger partial charge on any atom is 0.220 e. The summed E-state index contributed by atoms with van der Waals surface area (Å²) in [6, 6.07) is 0. The molecule has 0 radical (unpaired) electrons. The third-order valence-corrected chi connectivity index (χ3v) is 4.15. The molecule has 17 heavy (non-hydrogen) atoms. The highest BCUT2D eigenvalue weighted by molar-refractivity contribution is 5.76. The molecule has 2 nitrogen and oxygen atoms in total. The standard InChI is InChI=1S/C15H29NO/c1-2-3-4-5-6-7-9-13-10-8-11-14(12-13)15(16)17/h13-14H,2-12H2,1H3,(H2,16,17). The SMILES string of the molecule is CCCCCCCCC1CCCC(C(N)=O)C1. The smallest absolute Gasteiger partial charge is 0.220 e. The van der Waals surface area contributed by atoms with Gasteiger partial charge < -0.3 is 5.73 Å². The average Bonchev–Trinajstić information content (AvgIpc) is 2.34. The molecule has 100 valence electrons. The lowest BCUT2D eigenvalue weighted by atomic mass is 9.79. The minimum Gasteiger partial charge on any atom is -0.369 e. The van der Waals surface area contributed by atoms with Gasteiger partial charge in [0.1, 0.15) is 0 Å². The van der Waals surface area contributed by atoms with E-state index in [4.69, 9.17) is 5.73 Å². The largest absolute Gasteiger partial charge is 0.369 e. The quantitative estimate of drug-likeness (QED) is 0.638. The number of nitrogens with two attached hydrogens (primary N) is 1. The molecule has 0 aliphatic heterocycles. The predicted molar refractivity (Wildman–Crippen MR) is 72.6 cm³/mol. The van der Waals surface area contributed by atoms with Crippen LogP contribution in [0.5, 0.6) is 0 Å². The topological polar surface area (TPSA) is 43.1 Å². The summed E-state index contributed by atoms with van der Waals surface area (Å²) in [4.78, 5) is 11.2. The molecule has 1 saturated carbocycles. The van der Waals surface area contributed by atoms with E-state index in [2.05, 4.69) is 6.92 Å². The van der Waals surface area contributed by atoms with Crippen molar-refractivity contribution in [1.29, 1.82) is 0 Å². The molecule has 1 rings (SSSR count). The number of hydrogen-bond acceptors (Lipinski definition) is 1. The van der Waals surface area contributed by atoms with Crippen molar-refractivity contribution in [2.24, 2.45) is 17.6 Å². The molecule has 2 atom stereocenters. The van der Waals surface area contributed by atoms with Gasteiger partial charge in [-0.3, -0.25) is 4.79 Å². The van der Waals surface area contributed by atoms with Gasteiger partial charge >= 0.3 is 0 Å². The number of amides is 1. The number of primary amides is 1. The summed E-state index contributed by atoms with van der Waals surface area (Å²) in [5, 5.41) is 0. The van der Waals surface area contributed by atoms with Gasteiger partial charge in [0, 0.05) is 5.92 Å². The minimum atomic E-state index is -0.0716. The van der Waals surface area contributed by atoms with Crippen LogP contribution >= 0.6 is 0 Å². The maximum atomic E-state index is 11.2. The molecule has 0 saturated heterocycles. The number of rotatable bonds is 8. The van der Waals surface area contributed by atoms with E-state index in [0.717, 1.165) is 18.8 Å². The van der Waals surface area contributed by atoms with E-state index >= 15 is 0 Å². The Morgan fingerprint density at radius 1 is 1.12 bits per heavy atom. The Morgan fingerprint density at radius 3 is 2.53 bits per heavy atom. The van der Waals surface area contributed by atoms with Gasteiger partial charge in [-0.25, -0.2) is 0 Å². The van der Waals surface area contributed by atoms with E-state index in [1.807, 2.05) is 0 Å². The molecular weight excluding hydrogens is 210 g/mol. The predicted octanol–water partition coefficient (Wildman–Crippen LogP) is 4.03. The number of unbranched alkanes of at least 4 members (excludes halogenated alkanes) is 5. The van der Waals surface area contributed by atoms with Crippen LogP contribution in [0.25, 0.3) is 0 Å². The summed E-state index contributed by atoms with van der Waals surface area (Å²) in [6.07, 6.45) is 14.1. The first kappa shape index (κ1) is 14.5. The lowest BCUT2D eigenvalue weighted by Gasteiger charge is -2.27. The molecule has 2 unspecified atom stereocenters. The van der Waals surface area contributed by atoms with Crippen molar-refractivity contribution >= 4 is 5.91 Å². The van der Waals surface area contributed by atoms with Crippen LogP contribution in [-0.4, -0.2) is 5.91 Å². The van der Waals surface area contributed by atoms with Crippen molar-refractivity contribution in [2.45, 2.75) is 77.6 Å². The molecule has 0 bridgehead atoms. The van der Waals surface area contributed by atoms with Gasteiger partial charge in [0.15, 0.2) is 0 Å². The first-order valence-electron chi connectivity index (χ1n) is 7.53. The maximum absolute atomic E-state index is 11.2. The van der Waals surface area contributed by atoms with Crippen LogP contribution in [0.2, 0.25) is 0 Å². The second-order valence-corrected chi connectivity index (χ2v) is 5.69. The van der Waals surface area contributed by atoms with Crippen molar-refractivity contribution < 1.29 is 4.79 Å². The first-order valence-corrected chi connectivity index (χ1v) is 7.53. The molecule has 0 heterocycles. The van der Waals surface area contributed by atoms with Crippen molar-refractivity contribution in [2.75, 3.05) is 0 Å². The van der Waals surface area contributed by atoms with Gasteiger partial charge in [-0.05, 0) is 18.8 Å². The highest BCUT2D eigenvalue weighted by atomic mass is 16.1. The second-order valence-electron chi connectivity index (χ2n) is 5.69. The van der Waals surface area contributed by atoms with E-state index in [0.29, 0.717) is 0 Å². The second kappa shape index (κ2) is 8.54. The van der Waals surface area contributed by atoms with Gasteiger partial charge in [-0.15, -0.1) is 0 Å². The van der Waals surface area contributed by atoms with Crippen LogP contribution in [-0.2, 0) is 4.79 Å². The lowest BCUT2D eigenvalue weighted by Crippen LogP contribution is -2.28. The molecule has 1 aliphatic carbocycles. The molecule has 2 heteroatoms. The van der Waals surface area contributed by atoms with Gasteiger partial charge in [0.2, 0.25) is 5.91 Å². The first-order chi connectivity index (χ1) is 8.24. The summed E-state index contributed by atoms with van der Waals surface area (Å²) in [5.41, 5.74) is 5.40. The van der Waals surface area contributed by atoms with Crippen LogP contribution < -0.4 is 5.73 Å². The van der Waals surface area contributed by atoms with Crippen LogP contribution in [0.4, 0.5) is 0 Å². The normalized spacial score (nSPS) is 24.8. The summed E-state index contributed by atoms with van der Waals surface area (Å²) < 4.78 is 0. The van der Waals surface area contributed by atoms with E-state index in [-0.39, 0.29) is 11.8 Å². The third kappa shape index (κ3) is 6.09. The molecule has 0 spiro atoms. The summed E-state index contributed by atoms with van der Waals surface area (Å²) in [7, 11) is 0. The van der Waals surface area contributed by atoms with E-state index in [9.17, 15) is 4.79 Å². The number of carbonyl (C=O) groups excluding carboxylic acids is 1. The number of hydrogen-bond donors (Lipinski definition) is 1. The Morgan fingerprint density at radius 2 is 1.82 bits per heavy atom. The molecule has 0 aromatic carbocycles. The zero-order valence-electron chi connectivity index (χ0n) is 11.4. The van der Waals surface area contributed by atoms with Crippen molar-refractivity contribution in [3.63, 3.8) is 0 Å². The van der Waals surface area contributed by atoms with Crippen LogP contribution in [0, 0.1) is 11.8 Å². The fourth-order valence-corrected chi connectivity index (χ4v) is 3.02.